The molecule has 4 rings (SSSR count). The number of ether oxygens (including phenoxy) is 1. The average Bonchev–Trinajstić information content (AvgIpc) is 3.29. The molecule has 0 bridgehead atoms. The van der Waals surface area contributed by atoms with Crippen LogP contribution in [0.25, 0.3) is 0 Å². The first kappa shape index (κ1) is 22.6. The van der Waals surface area contributed by atoms with Crippen LogP contribution in [0.5, 0.6) is 0 Å². The second kappa shape index (κ2) is 10.4. The Morgan fingerprint density at radius 2 is 1.97 bits per heavy atom. The summed E-state index contributed by atoms with van der Waals surface area (Å²) < 4.78 is 18.7. The third kappa shape index (κ3) is 5.42. The van der Waals surface area contributed by atoms with Crippen LogP contribution in [0, 0.1) is 5.82 Å². The number of amides is 1. The number of anilines is 1. The number of likely N-dealkylation sites (tertiary alicyclic amines) is 1. The number of hydrogen-bond donors (Lipinski definition) is 2. The average molecular weight is 442 g/mol. The van der Waals surface area contributed by atoms with E-state index in [1.807, 2.05) is 6.92 Å². The van der Waals surface area contributed by atoms with Crippen molar-refractivity contribution in [2.45, 2.75) is 50.7 Å². The van der Waals surface area contributed by atoms with Crippen molar-refractivity contribution in [3.05, 3.63) is 53.2 Å². The SMILES string of the molecule is CO[C@H]1C[C@@H](NC(=O)c2cnc(NCCN3CCCC3)c([C@H](C)c3ccc(F)cc3)n2)C1. The van der Waals surface area contributed by atoms with Gasteiger partial charge in [-0.2, -0.15) is 0 Å². The molecule has 1 aliphatic carbocycles. The molecule has 7 nitrogen and oxygen atoms in total. The highest BCUT2D eigenvalue weighted by atomic mass is 19.1. The Hall–Kier alpha value is -2.58. The Morgan fingerprint density at radius 1 is 1.25 bits per heavy atom. The van der Waals surface area contributed by atoms with Crippen molar-refractivity contribution in [3.8, 4) is 0 Å². The van der Waals surface area contributed by atoms with Gasteiger partial charge in [0.05, 0.1) is 18.0 Å². The molecule has 2 aromatic rings. The minimum Gasteiger partial charge on any atom is -0.381 e. The number of rotatable bonds is 9. The fourth-order valence-electron chi connectivity index (χ4n) is 4.33. The first-order valence-corrected chi connectivity index (χ1v) is 11.5. The minimum atomic E-state index is -0.279. The number of benzene rings is 1. The van der Waals surface area contributed by atoms with Gasteiger partial charge in [-0.15, -0.1) is 0 Å². The molecule has 2 N–H and O–H groups in total. The van der Waals surface area contributed by atoms with Gasteiger partial charge in [0.15, 0.2) is 0 Å². The van der Waals surface area contributed by atoms with Crippen LogP contribution < -0.4 is 10.6 Å². The zero-order valence-corrected chi connectivity index (χ0v) is 18.8. The van der Waals surface area contributed by atoms with Gasteiger partial charge in [0, 0.05) is 32.2 Å². The van der Waals surface area contributed by atoms with E-state index in [1.54, 1.807) is 19.2 Å². The molecule has 1 atom stereocenters. The fourth-order valence-corrected chi connectivity index (χ4v) is 4.33. The molecule has 1 aliphatic heterocycles. The molecule has 2 aliphatic rings. The number of methoxy groups -OCH3 is 1. The number of nitrogens with one attached hydrogen (secondary N) is 2. The molecular formula is C24H32FN5O2. The Bertz CT molecular complexity index is 911. The summed E-state index contributed by atoms with van der Waals surface area (Å²) in [5.41, 5.74) is 1.90. The van der Waals surface area contributed by atoms with Gasteiger partial charge in [0.25, 0.3) is 5.91 Å². The lowest BCUT2D eigenvalue weighted by Gasteiger charge is -2.34. The van der Waals surface area contributed by atoms with Crippen molar-refractivity contribution in [3.63, 3.8) is 0 Å². The third-order valence-corrected chi connectivity index (χ3v) is 6.49. The van der Waals surface area contributed by atoms with E-state index in [1.165, 1.54) is 31.2 Å². The van der Waals surface area contributed by atoms with E-state index in [2.05, 4.69) is 20.5 Å². The standard InChI is InChI=1S/C24H32FN5O2/c1-16(17-5-7-18(25)8-6-17)22-23(26-9-12-30-10-3-4-11-30)27-15-21(29-22)24(31)28-19-13-20(14-19)32-2/h5-8,15-16,19-20H,3-4,9-14H2,1-2H3,(H,26,27)(H,28,31)/t16-,19-,20+/m1/s1. The van der Waals surface area contributed by atoms with Crippen LogP contribution in [0.3, 0.4) is 0 Å². The number of carbonyl (C=O) groups is 1. The number of nitrogens with zero attached hydrogens (tertiary/aromatic N) is 3. The van der Waals surface area contributed by atoms with Crippen LogP contribution in [0.4, 0.5) is 10.2 Å². The molecule has 32 heavy (non-hydrogen) atoms. The molecule has 1 saturated carbocycles. The summed E-state index contributed by atoms with van der Waals surface area (Å²) in [5.74, 6) is 0.0135. The fraction of sp³-hybridized carbons (Fsp3) is 0.542. The first-order chi connectivity index (χ1) is 15.5. The van der Waals surface area contributed by atoms with Crippen molar-refractivity contribution < 1.29 is 13.9 Å². The lowest BCUT2D eigenvalue weighted by Crippen LogP contribution is -2.47. The third-order valence-electron chi connectivity index (χ3n) is 6.49. The molecule has 1 aromatic carbocycles. The van der Waals surface area contributed by atoms with Crippen molar-refractivity contribution >= 4 is 11.7 Å². The number of carbonyl (C=O) groups excluding carboxylic acids is 1. The quantitative estimate of drug-likeness (QED) is 0.622. The molecule has 1 amide bonds. The van der Waals surface area contributed by atoms with Gasteiger partial charge in [-0.1, -0.05) is 19.1 Å². The van der Waals surface area contributed by atoms with E-state index in [4.69, 9.17) is 9.72 Å². The monoisotopic (exact) mass is 441 g/mol. The lowest BCUT2D eigenvalue weighted by atomic mass is 9.89. The van der Waals surface area contributed by atoms with Crippen LogP contribution in [0.2, 0.25) is 0 Å². The molecule has 2 fully saturated rings. The molecule has 0 unspecified atom stereocenters. The second-order valence-corrected chi connectivity index (χ2v) is 8.74. The molecule has 0 spiro atoms. The van der Waals surface area contributed by atoms with Crippen molar-refractivity contribution in [2.24, 2.45) is 0 Å². The van der Waals surface area contributed by atoms with Crippen LogP contribution >= 0.6 is 0 Å². The van der Waals surface area contributed by atoms with Gasteiger partial charge >= 0.3 is 0 Å². The van der Waals surface area contributed by atoms with Crippen LogP contribution in [-0.2, 0) is 4.74 Å². The van der Waals surface area contributed by atoms with Gasteiger partial charge in [-0.3, -0.25) is 4.79 Å². The predicted octanol–water partition coefficient (Wildman–Crippen LogP) is 3.18. The van der Waals surface area contributed by atoms with E-state index in [9.17, 15) is 9.18 Å². The smallest absolute Gasteiger partial charge is 0.271 e. The van der Waals surface area contributed by atoms with Crippen LogP contribution in [0.15, 0.2) is 30.5 Å². The lowest BCUT2D eigenvalue weighted by molar-refractivity contribution is 0.0175. The number of hydrogen-bond acceptors (Lipinski definition) is 6. The molecular weight excluding hydrogens is 409 g/mol. The molecule has 8 heteroatoms. The maximum atomic E-state index is 13.4. The summed E-state index contributed by atoms with van der Waals surface area (Å²) >= 11 is 0. The van der Waals surface area contributed by atoms with Crippen molar-refractivity contribution in [1.29, 1.82) is 0 Å². The first-order valence-electron chi connectivity index (χ1n) is 11.5. The Labute approximate surface area is 188 Å². The highest BCUT2D eigenvalue weighted by molar-refractivity contribution is 5.92. The summed E-state index contributed by atoms with van der Waals surface area (Å²) in [5, 5.41) is 6.42. The minimum absolute atomic E-state index is 0.102. The maximum absolute atomic E-state index is 13.4. The van der Waals surface area contributed by atoms with Gasteiger partial charge in [-0.25, -0.2) is 14.4 Å². The van der Waals surface area contributed by atoms with Gasteiger partial charge < -0.3 is 20.3 Å². The molecule has 1 saturated heterocycles. The van der Waals surface area contributed by atoms with Crippen molar-refractivity contribution in [1.82, 2.24) is 20.2 Å². The van der Waals surface area contributed by atoms with E-state index in [0.29, 0.717) is 17.2 Å². The number of aromatic nitrogens is 2. The normalized spacial score (nSPS) is 21.7. The zero-order chi connectivity index (χ0) is 22.5. The van der Waals surface area contributed by atoms with E-state index in [-0.39, 0.29) is 29.8 Å². The second-order valence-electron chi connectivity index (χ2n) is 8.74. The highest BCUT2D eigenvalue weighted by Gasteiger charge is 2.31. The molecule has 0 radical (unpaired) electrons. The largest absolute Gasteiger partial charge is 0.381 e. The zero-order valence-electron chi connectivity index (χ0n) is 18.8. The summed E-state index contributed by atoms with van der Waals surface area (Å²) in [7, 11) is 1.69. The summed E-state index contributed by atoms with van der Waals surface area (Å²) in [6, 6.07) is 6.49. The Morgan fingerprint density at radius 3 is 2.66 bits per heavy atom. The van der Waals surface area contributed by atoms with E-state index in [0.717, 1.165) is 44.6 Å². The molecule has 2 heterocycles. The van der Waals surface area contributed by atoms with Crippen molar-refractivity contribution in [2.75, 3.05) is 38.6 Å². The Balaban J connectivity index is 1.50. The van der Waals surface area contributed by atoms with Gasteiger partial charge in [0.2, 0.25) is 0 Å². The van der Waals surface area contributed by atoms with Crippen LogP contribution in [0.1, 0.15) is 60.3 Å². The topological polar surface area (TPSA) is 79.4 Å². The van der Waals surface area contributed by atoms with Gasteiger partial charge in [-0.05, 0) is 56.5 Å². The van der Waals surface area contributed by atoms with E-state index >= 15 is 0 Å². The van der Waals surface area contributed by atoms with E-state index < -0.39 is 0 Å². The van der Waals surface area contributed by atoms with Gasteiger partial charge in [0.1, 0.15) is 17.3 Å². The molecule has 172 valence electrons. The predicted molar refractivity (Wildman–Crippen MR) is 121 cm³/mol. The summed E-state index contributed by atoms with van der Waals surface area (Å²) in [6.07, 6.45) is 5.86. The summed E-state index contributed by atoms with van der Waals surface area (Å²) in [4.78, 5) is 24.5. The molecule has 1 aromatic heterocycles. The maximum Gasteiger partial charge on any atom is 0.271 e. The Kier molecular flexibility index (Phi) is 7.32. The highest BCUT2D eigenvalue weighted by Crippen LogP contribution is 2.28. The number of halogens is 1. The van der Waals surface area contributed by atoms with Crippen LogP contribution in [-0.4, -0.2) is 66.2 Å². The summed E-state index contributed by atoms with van der Waals surface area (Å²) in [6.45, 7) is 5.97.